The molecule has 1 aliphatic rings. The topological polar surface area (TPSA) is 80.7 Å². The van der Waals surface area contributed by atoms with Crippen molar-refractivity contribution in [2.24, 2.45) is 0 Å². The van der Waals surface area contributed by atoms with Gasteiger partial charge >= 0.3 is 5.97 Å². The van der Waals surface area contributed by atoms with Crippen LogP contribution in [-0.4, -0.2) is 41.9 Å². The summed E-state index contributed by atoms with van der Waals surface area (Å²) < 4.78 is 12.0. The molecule has 2 atom stereocenters. The van der Waals surface area contributed by atoms with Gasteiger partial charge in [0, 0.05) is 24.5 Å². The Labute approximate surface area is 147 Å². The van der Waals surface area contributed by atoms with Gasteiger partial charge in [-0.2, -0.15) is 0 Å². The molecule has 0 unspecified atom stereocenters. The van der Waals surface area contributed by atoms with Gasteiger partial charge in [0.2, 0.25) is 5.88 Å². The number of hydrogen-bond donors (Lipinski definition) is 2. The van der Waals surface area contributed by atoms with Crippen LogP contribution in [0.15, 0.2) is 28.9 Å². The number of methoxy groups -OCH3 is 1. The number of benzene rings is 1. The minimum Gasteiger partial charge on any atom is -0.496 e. The van der Waals surface area contributed by atoms with Crippen molar-refractivity contribution in [3.8, 4) is 11.6 Å². The first-order chi connectivity index (χ1) is 10.6. The molecule has 3 rings (SSSR count). The molecule has 0 saturated carbocycles. The summed E-state index contributed by atoms with van der Waals surface area (Å²) in [4.78, 5) is 15.3. The number of halogens is 2. The van der Waals surface area contributed by atoms with Crippen LogP contribution in [-0.2, 0) is 4.79 Å². The summed E-state index contributed by atoms with van der Waals surface area (Å²) in [5.41, 5.74) is 0. The Balaban J connectivity index is 0.00000192. The molecule has 6 nitrogen and oxygen atoms in total. The number of aliphatic carboxylic acids is 1. The average Bonchev–Trinajstić information content (AvgIpc) is 2.96. The highest BCUT2D eigenvalue weighted by molar-refractivity contribution is 9.10. The molecule has 0 aliphatic carbocycles. The van der Waals surface area contributed by atoms with E-state index in [1.165, 1.54) is 0 Å². The Morgan fingerprint density at radius 3 is 2.91 bits per heavy atom. The van der Waals surface area contributed by atoms with Crippen LogP contribution in [0, 0.1) is 0 Å². The standard InChI is InChI=1S/C15H15BrN2O4.ClH/c1-21-13-4-8-2-3-17-14(10(8)6-11(13)16)22-9-5-12(15(19)20)18-7-9;/h2-4,6,9,12,18H,5,7H2,1H3,(H,19,20);1H/t9-,12+;/m1./s1. The fourth-order valence-electron chi connectivity index (χ4n) is 2.54. The molecule has 124 valence electrons. The summed E-state index contributed by atoms with van der Waals surface area (Å²) in [5, 5.41) is 13.7. The molecule has 0 radical (unpaired) electrons. The Morgan fingerprint density at radius 2 is 2.26 bits per heavy atom. The van der Waals surface area contributed by atoms with Gasteiger partial charge in [-0.25, -0.2) is 4.98 Å². The van der Waals surface area contributed by atoms with Gasteiger partial charge in [0.1, 0.15) is 17.9 Å². The maximum Gasteiger partial charge on any atom is 0.320 e. The van der Waals surface area contributed by atoms with E-state index in [-0.39, 0.29) is 18.5 Å². The SMILES string of the molecule is COc1cc2ccnc(O[C@H]3CN[C@H](C(=O)O)C3)c2cc1Br.Cl. The predicted molar refractivity (Wildman–Crippen MR) is 91.7 cm³/mol. The minimum absolute atomic E-state index is 0. The van der Waals surface area contributed by atoms with E-state index < -0.39 is 12.0 Å². The average molecular weight is 404 g/mol. The number of carbonyl (C=O) groups is 1. The predicted octanol–water partition coefficient (Wildman–Crippen LogP) is 2.62. The summed E-state index contributed by atoms with van der Waals surface area (Å²) in [7, 11) is 1.61. The molecule has 2 heterocycles. The third kappa shape index (κ3) is 3.68. The molecular formula is C15H16BrClN2O4. The van der Waals surface area contributed by atoms with Crippen molar-refractivity contribution in [3.63, 3.8) is 0 Å². The van der Waals surface area contributed by atoms with Gasteiger partial charge in [0.05, 0.1) is 11.6 Å². The highest BCUT2D eigenvalue weighted by Gasteiger charge is 2.31. The number of ether oxygens (including phenoxy) is 2. The fraction of sp³-hybridized carbons (Fsp3) is 0.333. The number of nitrogens with zero attached hydrogens (tertiary/aromatic N) is 1. The van der Waals surface area contributed by atoms with Gasteiger partial charge in [-0.1, -0.05) is 0 Å². The zero-order chi connectivity index (χ0) is 15.7. The lowest BCUT2D eigenvalue weighted by Crippen LogP contribution is -2.30. The van der Waals surface area contributed by atoms with Crippen molar-refractivity contribution in [1.29, 1.82) is 0 Å². The number of carboxylic acids is 1. The highest BCUT2D eigenvalue weighted by Crippen LogP contribution is 2.34. The molecule has 0 spiro atoms. The van der Waals surface area contributed by atoms with E-state index in [0.717, 1.165) is 21.0 Å². The van der Waals surface area contributed by atoms with E-state index >= 15 is 0 Å². The highest BCUT2D eigenvalue weighted by atomic mass is 79.9. The molecule has 1 saturated heterocycles. The van der Waals surface area contributed by atoms with Crippen LogP contribution in [0.4, 0.5) is 0 Å². The number of fused-ring (bicyclic) bond motifs is 1. The van der Waals surface area contributed by atoms with Gasteiger partial charge in [-0.05, 0) is 39.5 Å². The van der Waals surface area contributed by atoms with Gasteiger partial charge < -0.3 is 19.9 Å². The third-order valence-electron chi connectivity index (χ3n) is 3.67. The van der Waals surface area contributed by atoms with Crippen molar-refractivity contribution in [2.45, 2.75) is 18.6 Å². The molecular weight excluding hydrogens is 388 g/mol. The molecule has 1 aromatic carbocycles. The van der Waals surface area contributed by atoms with Crippen LogP contribution < -0.4 is 14.8 Å². The second-order valence-corrected chi connectivity index (χ2v) is 5.95. The number of aromatic nitrogens is 1. The summed E-state index contributed by atoms with van der Waals surface area (Å²) >= 11 is 3.45. The lowest BCUT2D eigenvalue weighted by Gasteiger charge is -2.14. The van der Waals surface area contributed by atoms with Crippen molar-refractivity contribution >= 4 is 45.1 Å². The Bertz CT molecular complexity index is 728. The Morgan fingerprint density at radius 1 is 1.48 bits per heavy atom. The second kappa shape index (κ2) is 7.33. The first-order valence-electron chi connectivity index (χ1n) is 6.83. The van der Waals surface area contributed by atoms with Crippen LogP contribution >= 0.6 is 28.3 Å². The minimum atomic E-state index is -0.857. The van der Waals surface area contributed by atoms with Crippen molar-refractivity contribution in [1.82, 2.24) is 10.3 Å². The molecule has 8 heteroatoms. The van der Waals surface area contributed by atoms with Crippen LogP contribution in [0.5, 0.6) is 11.6 Å². The van der Waals surface area contributed by atoms with Crippen molar-refractivity contribution in [3.05, 3.63) is 28.9 Å². The number of carboxylic acid groups (broad SMARTS) is 1. The van der Waals surface area contributed by atoms with E-state index in [0.29, 0.717) is 18.8 Å². The van der Waals surface area contributed by atoms with Gasteiger partial charge in [0.15, 0.2) is 0 Å². The first-order valence-corrected chi connectivity index (χ1v) is 7.63. The lowest BCUT2D eigenvalue weighted by molar-refractivity contribution is -0.139. The normalized spacial score (nSPS) is 20.1. The van der Waals surface area contributed by atoms with Crippen LogP contribution in [0.1, 0.15) is 6.42 Å². The summed E-state index contributed by atoms with van der Waals surface area (Å²) in [6.45, 7) is 0.492. The van der Waals surface area contributed by atoms with E-state index in [1.807, 2.05) is 18.2 Å². The largest absolute Gasteiger partial charge is 0.496 e. The summed E-state index contributed by atoms with van der Waals surface area (Å²) in [6, 6.07) is 5.12. The van der Waals surface area contributed by atoms with Gasteiger partial charge in [-0.15, -0.1) is 12.4 Å². The van der Waals surface area contributed by atoms with Crippen LogP contribution in [0.2, 0.25) is 0 Å². The van der Waals surface area contributed by atoms with E-state index in [1.54, 1.807) is 13.3 Å². The van der Waals surface area contributed by atoms with E-state index in [4.69, 9.17) is 14.6 Å². The number of hydrogen-bond acceptors (Lipinski definition) is 5. The lowest BCUT2D eigenvalue weighted by atomic mass is 10.1. The van der Waals surface area contributed by atoms with Gasteiger partial charge in [-0.3, -0.25) is 4.79 Å². The van der Waals surface area contributed by atoms with Crippen LogP contribution in [0.25, 0.3) is 10.8 Å². The number of rotatable bonds is 4. The smallest absolute Gasteiger partial charge is 0.320 e. The number of nitrogens with one attached hydrogen (secondary N) is 1. The zero-order valence-electron chi connectivity index (χ0n) is 12.3. The molecule has 23 heavy (non-hydrogen) atoms. The molecule has 2 aromatic rings. The summed E-state index contributed by atoms with van der Waals surface area (Å²) in [6.07, 6.45) is 1.88. The van der Waals surface area contributed by atoms with Crippen molar-refractivity contribution < 1.29 is 19.4 Å². The monoisotopic (exact) mass is 402 g/mol. The number of pyridine rings is 1. The molecule has 1 aromatic heterocycles. The van der Waals surface area contributed by atoms with E-state index in [2.05, 4.69) is 26.2 Å². The first kappa shape index (κ1) is 17.8. The molecule has 0 bridgehead atoms. The zero-order valence-corrected chi connectivity index (χ0v) is 14.7. The van der Waals surface area contributed by atoms with Crippen molar-refractivity contribution in [2.75, 3.05) is 13.7 Å². The third-order valence-corrected chi connectivity index (χ3v) is 4.29. The fourth-order valence-corrected chi connectivity index (χ4v) is 3.04. The molecule has 1 aliphatic heterocycles. The quantitative estimate of drug-likeness (QED) is 0.817. The van der Waals surface area contributed by atoms with E-state index in [9.17, 15) is 4.79 Å². The second-order valence-electron chi connectivity index (χ2n) is 5.10. The van der Waals surface area contributed by atoms with Gasteiger partial charge in [0.25, 0.3) is 0 Å². The van der Waals surface area contributed by atoms with Crippen LogP contribution in [0.3, 0.4) is 0 Å². The maximum atomic E-state index is 11.0. The maximum absolute atomic E-state index is 11.0. The Hall–Kier alpha value is -1.57. The Kier molecular flexibility index (Phi) is 5.67. The molecule has 0 amide bonds. The molecule has 1 fully saturated rings. The summed E-state index contributed by atoms with van der Waals surface area (Å²) in [5.74, 6) is 0.376. The molecule has 2 N–H and O–H groups in total.